The smallest absolute Gasteiger partial charge is 0.153 e. The molecule has 0 amide bonds. The normalized spacial score (nSPS) is 25.4. The fraction of sp³-hybridized carbons (Fsp3) is 0.600. The first-order chi connectivity index (χ1) is 9.86. The second-order valence-electron chi connectivity index (χ2n) is 5.85. The lowest BCUT2D eigenvalue weighted by molar-refractivity contribution is 0.0228. The Hall–Kier alpha value is -0.950. The van der Waals surface area contributed by atoms with Crippen LogP contribution in [0.4, 0.5) is 0 Å². The molecule has 6 heteroatoms. The van der Waals surface area contributed by atoms with E-state index in [-0.39, 0.29) is 24.1 Å². The highest BCUT2D eigenvalue weighted by molar-refractivity contribution is 7.91. The molecule has 0 spiro atoms. The fourth-order valence-electron chi connectivity index (χ4n) is 2.81. The SMILES string of the molecule is CC1CS(=O)(=O)CCN1CCC(O)(CN)c1ccccc1. The summed E-state index contributed by atoms with van der Waals surface area (Å²) in [4.78, 5) is 2.12. The van der Waals surface area contributed by atoms with Gasteiger partial charge in [-0.05, 0) is 18.9 Å². The van der Waals surface area contributed by atoms with Crippen molar-refractivity contribution < 1.29 is 13.5 Å². The van der Waals surface area contributed by atoms with E-state index in [9.17, 15) is 13.5 Å². The molecule has 1 aromatic rings. The molecule has 0 radical (unpaired) electrons. The van der Waals surface area contributed by atoms with Gasteiger partial charge in [-0.2, -0.15) is 0 Å². The summed E-state index contributed by atoms with van der Waals surface area (Å²) >= 11 is 0. The molecule has 3 N–H and O–H groups in total. The quantitative estimate of drug-likeness (QED) is 0.819. The summed E-state index contributed by atoms with van der Waals surface area (Å²) in [5, 5.41) is 10.7. The monoisotopic (exact) mass is 312 g/mol. The van der Waals surface area contributed by atoms with Gasteiger partial charge in [0.25, 0.3) is 0 Å². The minimum absolute atomic E-state index is 0.0125. The van der Waals surface area contributed by atoms with Gasteiger partial charge >= 0.3 is 0 Å². The van der Waals surface area contributed by atoms with E-state index in [0.717, 1.165) is 5.56 Å². The maximum Gasteiger partial charge on any atom is 0.153 e. The van der Waals surface area contributed by atoms with Crippen LogP contribution in [0, 0.1) is 0 Å². The zero-order valence-electron chi connectivity index (χ0n) is 12.4. The van der Waals surface area contributed by atoms with Crippen LogP contribution in [0.25, 0.3) is 0 Å². The van der Waals surface area contributed by atoms with Gasteiger partial charge in [0.2, 0.25) is 0 Å². The first-order valence-corrected chi connectivity index (χ1v) is 9.11. The van der Waals surface area contributed by atoms with Crippen molar-refractivity contribution in [3.05, 3.63) is 35.9 Å². The summed E-state index contributed by atoms with van der Waals surface area (Å²) in [6.07, 6.45) is 0.498. The Balaban J connectivity index is 2.01. The molecule has 118 valence electrons. The lowest BCUT2D eigenvalue weighted by atomic mass is 9.90. The van der Waals surface area contributed by atoms with Gasteiger partial charge in [0.1, 0.15) is 5.60 Å². The molecule has 5 nitrogen and oxygen atoms in total. The molecule has 1 aliphatic rings. The minimum Gasteiger partial charge on any atom is -0.384 e. The molecule has 1 saturated heterocycles. The molecule has 1 heterocycles. The standard InChI is InChI=1S/C15H24N2O3S/c1-13-11-21(19,20)10-9-17(13)8-7-15(18,12-16)14-5-3-2-4-6-14/h2-6,13,18H,7-12,16H2,1H3. The van der Waals surface area contributed by atoms with Gasteiger partial charge in [-0.1, -0.05) is 30.3 Å². The fourth-order valence-corrected chi connectivity index (χ4v) is 4.43. The van der Waals surface area contributed by atoms with Crippen LogP contribution in [0.1, 0.15) is 18.9 Å². The van der Waals surface area contributed by atoms with Crippen molar-refractivity contribution in [2.45, 2.75) is 25.0 Å². The van der Waals surface area contributed by atoms with Crippen molar-refractivity contribution in [3.8, 4) is 0 Å². The van der Waals surface area contributed by atoms with E-state index in [1.165, 1.54) is 0 Å². The summed E-state index contributed by atoms with van der Waals surface area (Å²) in [6.45, 7) is 3.23. The van der Waals surface area contributed by atoms with Crippen LogP contribution >= 0.6 is 0 Å². The Morgan fingerprint density at radius 1 is 1.38 bits per heavy atom. The minimum atomic E-state index is -2.91. The van der Waals surface area contributed by atoms with Crippen LogP contribution in [-0.4, -0.2) is 55.6 Å². The zero-order chi connectivity index (χ0) is 15.5. The van der Waals surface area contributed by atoms with Gasteiger partial charge in [0.05, 0.1) is 11.5 Å². The Bertz CT molecular complexity index is 562. The van der Waals surface area contributed by atoms with Crippen LogP contribution in [0.2, 0.25) is 0 Å². The Morgan fingerprint density at radius 3 is 2.62 bits per heavy atom. The number of hydrogen-bond acceptors (Lipinski definition) is 5. The molecular formula is C15H24N2O3S. The zero-order valence-corrected chi connectivity index (χ0v) is 13.2. The van der Waals surface area contributed by atoms with E-state index in [1.807, 2.05) is 37.3 Å². The Labute approximate surface area is 126 Å². The molecule has 0 aliphatic carbocycles. The van der Waals surface area contributed by atoms with Crippen LogP contribution in [-0.2, 0) is 15.4 Å². The predicted molar refractivity (Wildman–Crippen MR) is 83.7 cm³/mol. The molecule has 1 fully saturated rings. The summed E-state index contributed by atoms with van der Waals surface area (Å²) in [7, 11) is -2.91. The maximum atomic E-state index is 11.6. The highest BCUT2D eigenvalue weighted by Crippen LogP contribution is 2.25. The molecular weight excluding hydrogens is 288 g/mol. The van der Waals surface area contributed by atoms with Gasteiger partial charge < -0.3 is 10.8 Å². The van der Waals surface area contributed by atoms with Gasteiger partial charge in [0.15, 0.2) is 9.84 Å². The van der Waals surface area contributed by atoms with Crippen LogP contribution < -0.4 is 5.73 Å². The van der Waals surface area contributed by atoms with E-state index in [4.69, 9.17) is 5.73 Å². The molecule has 0 saturated carbocycles. The van der Waals surface area contributed by atoms with Crippen LogP contribution in [0.3, 0.4) is 0 Å². The summed E-state index contributed by atoms with van der Waals surface area (Å²) < 4.78 is 23.2. The number of nitrogens with two attached hydrogens (primary N) is 1. The number of sulfone groups is 1. The Morgan fingerprint density at radius 2 is 2.05 bits per heavy atom. The largest absolute Gasteiger partial charge is 0.384 e. The van der Waals surface area contributed by atoms with Crippen molar-refractivity contribution in [2.24, 2.45) is 5.73 Å². The molecule has 2 atom stereocenters. The molecule has 21 heavy (non-hydrogen) atoms. The molecule has 2 unspecified atom stereocenters. The lowest BCUT2D eigenvalue weighted by Gasteiger charge is -2.36. The van der Waals surface area contributed by atoms with Crippen molar-refractivity contribution in [3.63, 3.8) is 0 Å². The topological polar surface area (TPSA) is 83.6 Å². The third-order valence-corrected chi connectivity index (χ3v) is 6.06. The number of aliphatic hydroxyl groups is 1. The molecule has 1 aromatic carbocycles. The molecule has 0 bridgehead atoms. The second-order valence-corrected chi connectivity index (χ2v) is 8.08. The lowest BCUT2D eigenvalue weighted by Crippen LogP contribution is -2.49. The highest BCUT2D eigenvalue weighted by atomic mass is 32.2. The van der Waals surface area contributed by atoms with Gasteiger partial charge in [0, 0.05) is 25.7 Å². The van der Waals surface area contributed by atoms with Crippen molar-refractivity contribution >= 4 is 9.84 Å². The van der Waals surface area contributed by atoms with Gasteiger partial charge in [-0.15, -0.1) is 0 Å². The number of benzene rings is 1. The van der Waals surface area contributed by atoms with Gasteiger partial charge in [-0.3, -0.25) is 4.90 Å². The van der Waals surface area contributed by atoms with Crippen molar-refractivity contribution in [2.75, 3.05) is 31.1 Å². The van der Waals surface area contributed by atoms with E-state index in [1.54, 1.807) is 0 Å². The van der Waals surface area contributed by atoms with Gasteiger partial charge in [-0.25, -0.2) is 8.42 Å². The van der Waals surface area contributed by atoms with E-state index >= 15 is 0 Å². The first-order valence-electron chi connectivity index (χ1n) is 7.29. The summed E-state index contributed by atoms with van der Waals surface area (Å²) in [5.41, 5.74) is 5.52. The summed E-state index contributed by atoms with van der Waals surface area (Å²) in [5.74, 6) is 0.392. The maximum absolute atomic E-state index is 11.6. The first kappa shape index (κ1) is 16.4. The van der Waals surface area contributed by atoms with E-state index in [2.05, 4.69) is 4.90 Å². The Kier molecular flexibility index (Phi) is 5.03. The highest BCUT2D eigenvalue weighted by Gasteiger charge is 2.32. The van der Waals surface area contributed by atoms with Crippen LogP contribution in [0.5, 0.6) is 0 Å². The number of rotatable bonds is 5. The average molecular weight is 312 g/mol. The predicted octanol–water partition coefficient (Wildman–Crippen LogP) is 0.342. The van der Waals surface area contributed by atoms with E-state index in [0.29, 0.717) is 19.5 Å². The average Bonchev–Trinajstić information content (AvgIpc) is 2.46. The molecule has 0 aromatic heterocycles. The molecule has 1 aliphatic heterocycles. The third-order valence-electron chi connectivity index (χ3n) is 4.27. The van der Waals surface area contributed by atoms with Crippen molar-refractivity contribution in [1.82, 2.24) is 4.90 Å². The van der Waals surface area contributed by atoms with Crippen LogP contribution in [0.15, 0.2) is 30.3 Å². The summed E-state index contributed by atoms with van der Waals surface area (Å²) in [6, 6.07) is 9.39. The van der Waals surface area contributed by atoms with E-state index < -0.39 is 15.4 Å². The second kappa shape index (κ2) is 6.44. The number of hydrogen-bond donors (Lipinski definition) is 2. The number of nitrogens with zero attached hydrogens (tertiary/aromatic N) is 1. The molecule has 2 rings (SSSR count). The van der Waals surface area contributed by atoms with Crippen molar-refractivity contribution in [1.29, 1.82) is 0 Å². The third kappa shape index (κ3) is 4.03.